The minimum Gasteiger partial charge on any atom is -0.395 e. The van der Waals surface area contributed by atoms with Gasteiger partial charge in [-0.15, -0.1) is 0 Å². The van der Waals surface area contributed by atoms with Gasteiger partial charge in [0.2, 0.25) is 0 Å². The maximum absolute atomic E-state index is 9.72. The fourth-order valence-electron chi connectivity index (χ4n) is 5.05. The number of nitrogens with one attached hydrogen (secondary N) is 1. The number of thiocarbonyl (C=S) groups is 1. The third-order valence-corrected chi connectivity index (χ3v) is 6.54. The largest absolute Gasteiger partial charge is 0.395 e. The lowest BCUT2D eigenvalue weighted by Crippen LogP contribution is -2.32. The van der Waals surface area contributed by atoms with E-state index in [1.165, 1.54) is 39.3 Å². The third-order valence-electron chi connectivity index (χ3n) is 6.19. The van der Waals surface area contributed by atoms with Crippen LogP contribution in [0.15, 0.2) is 42.6 Å². The van der Waals surface area contributed by atoms with Crippen molar-refractivity contribution in [1.82, 2.24) is 19.8 Å². The van der Waals surface area contributed by atoms with E-state index in [0.717, 1.165) is 5.69 Å². The molecule has 162 valence electrons. The fraction of sp³-hybridized carbons (Fsp3) is 0.360. The van der Waals surface area contributed by atoms with E-state index in [1.807, 2.05) is 24.4 Å². The molecule has 5 nitrogen and oxygen atoms in total. The Morgan fingerprint density at radius 3 is 2.39 bits per heavy atom. The lowest BCUT2D eigenvalue weighted by molar-refractivity contribution is 0.223. The molecule has 3 heterocycles. The molecule has 2 atom stereocenters. The number of aliphatic hydroxyl groups is 1. The van der Waals surface area contributed by atoms with E-state index < -0.39 is 0 Å². The molecule has 2 unspecified atom stereocenters. The Morgan fingerprint density at radius 2 is 1.77 bits per heavy atom. The van der Waals surface area contributed by atoms with Crippen LogP contribution in [0.5, 0.6) is 0 Å². The van der Waals surface area contributed by atoms with Crippen molar-refractivity contribution in [3.8, 4) is 5.69 Å². The number of benzene rings is 1. The van der Waals surface area contributed by atoms with E-state index in [-0.39, 0.29) is 18.7 Å². The molecule has 1 aromatic carbocycles. The van der Waals surface area contributed by atoms with Gasteiger partial charge < -0.3 is 19.9 Å². The van der Waals surface area contributed by atoms with Crippen molar-refractivity contribution in [3.05, 3.63) is 81.9 Å². The lowest BCUT2D eigenvalue weighted by atomic mass is 9.96. The van der Waals surface area contributed by atoms with Crippen LogP contribution in [-0.2, 0) is 0 Å². The monoisotopic (exact) mass is 434 g/mol. The van der Waals surface area contributed by atoms with Crippen LogP contribution in [0, 0.1) is 34.6 Å². The van der Waals surface area contributed by atoms with Gasteiger partial charge in [0.25, 0.3) is 0 Å². The minimum atomic E-state index is -0.0746. The first-order chi connectivity index (χ1) is 14.8. The zero-order valence-corrected chi connectivity index (χ0v) is 19.6. The van der Waals surface area contributed by atoms with E-state index in [2.05, 4.69) is 72.6 Å². The number of pyridine rings is 1. The number of nitrogens with zero attached hydrogens (tertiary/aromatic N) is 3. The molecule has 0 bridgehead atoms. The number of aryl methyl sites for hydroxylation is 4. The van der Waals surface area contributed by atoms with Crippen molar-refractivity contribution in [1.29, 1.82) is 0 Å². The summed E-state index contributed by atoms with van der Waals surface area (Å²) in [5.74, 6) is 0. The molecule has 6 heteroatoms. The van der Waals surface area contributed by atoms with Crippen LogP contribution >= 0.6 is 12.2 Å². The number of aliphatic hydroxyl groups excluding tert-OH is 1. The fourth-order valence-corrected chi connectivity index (χ4v) is 5.38. The normalized spacial score (nSPS) is 18.5. The summed E-state index contributed by atoms with van der Waals surface area (Å²) in [6.07, 6.45) is 1.81. The highest BCUT2D eigenvalue weighted by Gasteiger charge is 2.41. The third kappa shape index (κ3) is 3.75. The predicted molar refractivity (Wildman–Crippen MR) is 129 cm³/mol. The Labute approximate surface area is 189 Å². The summed E-state index contributed by atoms with van der Waals surface area (Å²) in [5.41, 5.74) is 9.56. The smallest absolute Gasteiger partial charge is 0.170 e. The van der Waals surface area contributed by atoms with Crippen molar-refractivity contribution in [3.63, 3.8) is 0 Å². The molecule has 0 saturated carbocycles. The average Bonchev–Trinajstić information content (AvgIpc) is 3.19. The molecular formula is C25H30N4OS. The first-order valence-electron chi connectivity index (χ1n) is 10.7. The second kappa shape index (κ2) is 8.44. The Bertz CT molecular complexity index is 1100. The van der Waals surface area contributed by atoms with Crippen molar-refractivity contribution < 1.29 is 5.11 Å². The molecule has 2 N–H and O–H groups in total. The second-order valence-electron chi connectivity index (χ2n) is 8.45. The van der Waals surface area contributed by atoms with E-state index >= 15 is 0 Å². The molecular weight excluding hydrogens is 404 g/mol. The number of hydrogen-bond acceptors (Lipinski definition) is 3. The number of hydrogen-bond donors (Lipinski definition) is 2. The molecule has 1 saturated heterocycles. The topological polar surface area (TPSA) is 53.3 Å². The Morgan fingerprint density at radius 1 is 1.06 bits per heavy atom. The van der Waals surface area contributed by atoms with Gasteiger partial charge >= 0.3 is 0 Å². The molecule has 0 radical (unpaired) electrons. The highest BCUT2D eigenvalue weighted by molar-refractivity contribution is 7.80. The molecule has 2 aromatic heterocycles. The SMILES string of the molecule is Cc1cc(C)c(-n2c(C)cc(C3C(c4ccccn4)NC(=S)N3CCO)c2C)c(C)c1. The van der Waals surface area contributed by atoms with Crippen LogP contribution < -0.4 is 5.32 Å². The Balaban J connectivity index is 1.88. The predicted octanol–water partition coefficient (Wildman–Crippen LogP) is 4.38. The van der Waals surface area contributed by atoms with E-state index in [4.69, 9.17) is 12.2 Å². The highest BCUT2D eigenvalue weighted by Crippen LogP contribution is 2.41. The van der Waals surface area contributed by atoms with Crippen LogP contribution in [0.25, 0.3) is 5.69 Å². The maximum atomic E-state index is 9.72. The van der Waals surface area contributed by atoms with E-state index in [1.54, 1.807) is 0 Å². The van der Waals surface area contributed by atoms with Crippen LogP contribution in [0.2, 0.25) is 0 Å². The molecule has 1 aliphatic heterocycles. The van der Waals surface area contributed by atoms with E-state index in [9.17, 15) is 5.11 Å². The quantitative estimate of drug-likeness (QED) is 0.584. The standard InChI is InChI=1S/C25H30N4OS/c1-15-12-16(2)23(17(3)13-15)29-18(4)14-20(19(29)5)24-22(21-8-6-7-9-26-21)27-25(31)28(24)10-11-30/h6-9,12-14,22,24,30H,10-11H2,1-5H3,(H,27,31). The van der Waals surface area contributed by atoms with Crippen molar-refractivity contribution >= 4 is 17.3 Å². The van der Waals surface area contributed by atoms with Gasteiger partial charge in [0.15, 0.2) is 5.11 Å². The Kier molecular flexibility index (Phi) is 5.86. The van der Waals surface area contributed by atoms with Crippen LogP contribution in [-0.4, -0.2) is 37.8 Å². The molecule has 4 rings (SSSR count). The van der Waals surface area contributed by atoms with Gasteiger partial charge in [-0.3, -0.25) is 4.98 Å². The molecule has 0 spiro atoms. The minimum absolute atomic E-state index is 0.0411. The summed E-state index contributed by atoms with van der Waals surface area (Å²) in [6, 6.07) is 12.6. The Hall–Kier alpha value is -2.70. The van der Waals surface area contributed by atoms with E-state index in [0.29, 0.717) is 11.7 Å². The molecule has 31 heavy (non-hydrogen) atoms. The number of aromatic nitrogens is 2. The zero-order chi connectivity index (χ0) is 22.3. The lowest BCUT2D eigenvalue weighted by Gasteiger charge is -2.27. The van der Waals surface area contributed by atoms with Gasteiger partial charge in [-0.1, -0.05) is 23.8 Å². The summed E-state index contributed by atoms with van der Waals surface area (Å²) in [4.78, 5) is 6.70. The molecule has 0 amide bonds. The molecule has 1 aliphatic rings. The van der Waals surface area contributed by atoms with Gasteiger partial charge in [0.1, 0.15) is 0 Å². The first kappa shape index (κ1) is 21.5. The van der Waals surface area contributed by atoms with Crippen molar-refractivity contribution in [2.24, 2.45) is 0 Å². The second-order valence-corrected chi connectivity index (χ2v) is 8.84. The summed E-state index contributed by atoms with van der Waals surface area (Å²) < 4.78 is 2.35. The van der Waals surface area contributed by atoms with Gasteiger partial charge in [0, 0.05) is 24.1 Å². The molecule has 3 aromatic rings. The summed E-state index contributed by atoms with van der Waals surface area (Å²) in [6.45, 7) is 11.3. The summed E-state index contributed by atoms with van der Waals surface area (Å²) in [5, 5.41) is 13.8. The first-order valence-corrected chi connectivity index (χ1v) is 11.1. The van der Waals surface area contributed by atoms with Gasteiger partial charge in [-0.05, 0) is 81.7 Å². The van der Waals surface area contributed by atoms with Crippen molar-refractivity contribution in [2.75, 3.05) is 13.2 Å². The molecule has 0 aliphatic carbocycles. The number of β-amino-alcohol motifs (C(OH)–C–C–N with tert-alkyl or cyclic N) is 1. The van der Waals surface area contributed by atoms with Gasteiger partial charge in [-0.2, -0.15) is 0 Å². The van der Waals surface area contributed by atoms with Gasteiger partial charge in [0.05, 0.1) is 30.1 Å². The highest BCUT2D eigenvalue weighted by atomic mass is 32.1. The number of rotatable bonds is 5. The summed E-state index contributed by atoms with van der Waals surface area (Å²) in [7, 11) is 0. The van der Waals surface area contributed by atoms with Crippen LogP contribution in [0.1, 0.15) is 51.4 Å². The molecule has 1 fully saturated rings. The van der Waals surface area contributed by atoms with Gasteiger partial charge in [-0.25, -0.2) is 0 Å². The van der Waals surface area contributed by atoms with Crippen LogP contribution in [0.4, 0.5) is 0 Å². The average molecular weight is 435 g/mol. The zero-order valence-electron chi connectivity index (χ0n) is 18.8. The van der Waals surface area contributed by atoms with Crippen molar-refractivity contribution in [2.45, 2.75) is 46.7 Å². The maximum Gasteiger partial charge on any atom is 0.170 e. The summed E-state index contributed by atoms with van der Waals surface area (Å²) >= 11 is 5.66. The van der Waals surface area contributed by atoms with Crippen LogP contribution in [0.3, 0.4) is 0 Å².